The van der Waals surface area contributed by atoms with E-state index in [0.717, 1.165) is 6.08 Å². The molecule has 0 N–H and O–H groups in total. The number of carbonyl (C=O) groups is 4. The van der Waals surface area contributed by atoms with Crippen molar-refractivity contribution in [3.05, 3.63) is 22.8 Å². The van der Waals surface area contributed by atoms with Gasteiger partial charge in [-0.3, -0.25) is 14.4 Å². The summed E-state index contributed by atoms with van der Waals surface area (Å²) in [5.74, 6) is -6.15. The number of ketones is 2. The van der Waals surface area contributed by atoms with Gasteiger partial charge in [0.05, 0.1) is 11.0 Å². The van der Waals surface area contributed by atoms with E-state index in [1.165, 1.54) is 13.8 Å². The average molecular weight is 467 g/mol. The van der Waals surface area contributed by atoms with Crippen molar-refractivity contribution in [3.8, 4) is 0 Å². The minimum absolute atomic E-state index is 0.00515. The molecule has 2 unspecified atom stereocenters. The van der Waals surface area contributed by atoms with Crippen LogP contribution in [0.3, 0.4) is 0 Å². The Labute approximate surface area is 189 Å². The van der Waals surface area contributed by atoms with Gasteiger partial charge < -0.3 is 9.47 Å². The van der Waals surface area contributed by atoms with Crippen molar-refractivity contribution in [2.45, 2.75) is 73.0 Å². The van der Waals surface area contributed by atoms with Gasteiger partial charge in [0.25, 0.3) is 0 Å². The molecule has 0 aromatic carbocycles. The van der Waals surface area contributed by atoms with Gasteiger partial charge in [0.1, 0.15) is 5.60 Å². The first kappa shape index (κ1) is 25.7. The Morgan fingerprint density at radius 3 is 2.09 bits per heavy atom. The summed E-state index contributed by atoms with van der Waals surface area (Å²) in [6, 6.07) is 0. The van der Waals surface area contributed by atoms with Crippen molar-refractivity contribution in [1.29, 1.82) is 0 Å². The number of carbonyl (C=O) groups excluding carboxylic acids is 4. The van der Waals surface area contributed by atoms with E-state index < -0.39 is 63.3 Å². The van der Waals surface area contributed by atoms with Crippen molar-refractivity contribution in [2.75, 3.05) is 0 Å². The molecule has 9 heteroatoms. The number of hydrogen-bond acceptors (Lipinski definition) is 8. The van der Waals surface area contributed by atoms with E-state index in [-0.39, 0.29) is 21.6 Å². The largest absolute Gasteiger partial charge is 0.460 e. The zero-order valence-electron chi connectivity index (χ0n) is 19.5. The lowest BCUT2D eigenvalue weighted by atomic mass is 9.79. The Balaban J connectivity index is 2.61. The molecule has 0 spiro atoms. The van der Waals surface area contributed by atoms with E-state index in [1.807, 2.05) is 0 Å². The Morgan fingerprint density at radius 1 is 1.09 bits per heavy atom. The van der Waals surface area contributed by atoms with Crippen molar-refractivity contribution in [2.24, 2.45) is 17.8 Å². The van der Waals surface area contributed by atoms with Gasteiger partial charge in [0.2, 0.25) is 10.3 Å². The minimum atomic E-state index is -2.74. The summed E-state index contributed by atoms with van der Waals surface area (Å²) in [6.45, 7) is 11.1. The van der Waals surface area contributed by atoms with Crippen LogP contribution in [-0.4, -0.2) is 48.5 Å². The zero-order chi connectivity index (χ0) is 24.5. The summed E-state index contributed by atoms with van der Waals surface area (Å²) in [5, 5.41) is 0. The fourth-order valence-corrected chi connectivity index (χ4v) is 4.14. The number of hydrogen-bond donors (Lipinski definition) is 0. The van der Waals surface area contributed by atoms with E-state index >= 15 is 0 Å². The fraction of sp³-hybridized carbons (Fsp3) is 0.609. The Morgan fingerprint density at radius 2 is 1.66 bits per heavy atom. The first-order chi connectivity index (χ1) is 14.7. The minimum Gasteiger partial charge on any atom is -0.460 e. The second-order valence-electron chi connectivity index (χ2n) is 9.42. The lowest BCUT2D eigenvalue weighted by Crippen LogP contribution is -2.40. The molecule has 176 valence electrons. The normalized spacial score (nSPS) is 19.9. The van der Waals surface area contributed by atoms with Crippen LogP contribution in [0.2, 0.25) is 0 Å². The highest BCUT2D eigenvalue weighted by molar-refractivity contribution is 7.73. The van der Waals surface area contributed by atoms with E-state index in [1.54, 1.807) is 34.6 Å². The molecular formula is C23H30O8S. The Bertz CT molecular complexity index is 1040. The molecule has 0 aromatic rings. The quantitative estimate of drug-likeness (QED) is 0.319. The van der Waals surface area contributed by atoms with E-state index in [9.17, 15) is 27.6 Å². The Hall–Kier alpha value is -2.55. The molecule has 8 nitrogen and oxygen atoms in total. The highest BCUT2D eigenvalue weighted by Gasteiger charge is 2.46. The summed E-state index contributed by atoms with van der Waals surface area (Å²) in [4.78, 5) is 51.7. The molecule has 0 amide bonds. The predicted molar refractivity (Wildman–Crippen MR) is 117 cm³/mol. The third-order valence-corrected chi connectivity index (χ3v) is 6.00. The highest BCUT2D eigenvalue weighted by Crippen LogP contribution is 2.37. The summed E-state index contributed by atoms with van der Waals surface area (Å²) >= 11 is 0. The van der Waals surface area contributed by atoms with Crippen molar-refractivity contribution < 1.29 is 37.1 Å². The Kier molecular flexibility index (Phi) is 7.65. The van der Waals surface area contributed by atoms with Crippen LogP contribution in [-0.2, 0) is 38.9 Å². The molecule has 2 aliphatic carbocycles. The SMILES string of the molecule is CC1=C(C(=O)OC(C)C)C(C)C(=S(=O)=O)C=C1C(=O)C(C(=O)OC(C)(C)C)C(=O)C1CC1. The monoisotopic (exact) mass is 466 g/mol. The molecule has 2 atom stereocenters. The van der Waals surface area contributed by atoms with Gasteiger partial charge in [0.15, 0.2) is 17.5 Å². The van der Waals surface area contributed by atoms with Crippen LogP contribution >= 0.6 is 0 Å². The van der Waals surface area contributed by atoms with Crippen LogP contribution in [0.25, 0.3) is 0 Å². The molecule has 0 radical (unpaired) electrons. The molecule has 0 bridgehead atoms. The first-order valence-electron chi connectivity index (χ1n) is 10.6. The summed E-state index contributed by atoms with van der Waals surface area (Å²) in [7, 11) is -2.74. The molecule has 0 heterocycles. The zero-order valence-corrected chi connectivity index (χ0v) is 20.3. The second-order valence-corrected chi connectivity index (χ2v) is 10.4. The molecule has 32 heavy (non-hydrogen) atoms. The number of allylic oxidation sites excluding steroid dienone is 3. The smallest absolute Gasteiger partial charge is 0.335 e. The van der Waals surface area contributed by atoms with Gasteiger partial charge in [-0.1, -0.05) is 6.92 Å². The third kappa shape index (κ3) is 5.82. The van der Waals surface area contributed by atoms with Crippen LogP contribution in [0, 0.1) is 17.8 Å². The molecular weight excluding hydrogens is 436 g/mol. The number of Topliss-reactive ketones (excluding diaryl/α,β-unsaturated/α-hetero) is 2. The molecule has 2 rings (SSSR count). The number of ether oxygens (including phenoxy) is 2. The van der Waals surface area contributed by atoms with Gasteiger partial charge in [-0.25, -0.2) is 4.79 Å². The van der Waals surface area contributed by atoms with E-state index in [0.29, 0.717) is 12.8 Å². The summed E-state index contributed by atoms with van der Waals surface area (Å²) in [5.41, 5.74) is -0.923. The fourth-order valence-electron chi connectivity index (χ4n) is 3.52. The molecule has 0 aromatic heterocycles. The van der Waals surface area contributed by atoms with Crippen LogP contribution < -0.4 is 0 Å². The van der Waals surface area contributed by atoms with Crippen LogP contribution in [0.4, 0.5) is 0 Å². The number of esters is 2. The summed E-state index contributed by atoms with van der Waals surface area (Å²) < 4.78 is 34.3. The topological polar surface area (TPSA) is 121 Å². The van der Waals surface area contributed by atoms with Gasteiger partial charge in [0, 0.05) is 23.0 Å². The molecule has 0 aliphatic heterocycles. The highest BCUT2D eigenvalue weighted by atomic mass is 32.2. The van der Waals surface area contributed by atoms with Gasteiger partial charge in [-0.05, 0) is 66.0 Å². The standard InChI is InChI=1S/C23H30O8S/c1-11(2)30-21(26)17-12(3)15(10-16(13(17)4)32(28)29)20(25)18(19(24)14-8-9-14)22(27)31-23(5,6)7/h10-11,13-14,18H,8-9H2,1-7H3. The third-order valence-electron chi connectivity index (χ3n) is 5.14. The van der Waals surface area contributed by atoms with Crippen LogP contribution in [0.5, 0.6) is 0 Å². The first-order valence-corrected chi connectivity index (χ1v) is 11.6. The van der Waals surface area contributed by atoms with Gasteiger partial charge in [-0.15, -0.1) is 0 Å². The van der Waals surface area contributed by atoms with Gasteiger partial charge >= 0.3 is 11.9 Å². The second kappa shape index (κ2) is 9.52. The van der Waals surface area contributed by atoms with Crippen molar-refractivity contribution in [3.63, 3.8) is 0 Å². The maximum absolute atomic E-state index is 13.5. The van der Waals surface area contributed by atoms with Crippen molar-refractivity contribution >= 4 is 38.7 Å². The molecule has 2 aliphatic rings. The molecule has 0 saturated heterocycles. The summed E-state index contributed by atoms with van der Waals surface area (Å²) in [6.07, 6.45) is 1.82. The molecule has 1 saturated carbocycles. The van der Waals surface area contributed by atoms with Gasteiger partial charge in [-0.2, -0.15) is 8.42 Å². The van der Waals surface area contributed by atoms with Crippen LogP contribution in [0.1, 0.15) is 61.3 Å². The maximum Gasteiger partial charge on any atom is 0.335 e. The number of rotatable bonds is 7. The lowest BCUT2D eigenvalue weighted by Gasteiger charge is -2.27. The predicted octanol–water partition coefficient (Wildman–Crippen LogP) is 2.39. The molecule has 1 fully saturated rings. The average Bonchev–Trinajstić information content (AvgIpc) is 3.44. The van der Waals surface area contributed by atoms with Crippen LogP contribution in [0.15, 0.2) is 22.8 Å². The van der Waals surface area contributed by atoms with Crippen molar-refractivity contribution in [1.82, 2.24) is 0 Å². The van der Waals surface area contributed by atoms with E-state index in [2.05, 4.69) is 0 Å². The van der Waals surface area contributed by atoms with E-state index in [4.69, 9.17) is 9.47 Å². The maximum atomic E-state index is 13.5. The lowest BCUT2D eigenvalue weighted by molar-refractivity contribution is -0.163.